The van der Waals surface area contributed by atoms with Gasteiger partial charge in [0.15, 0.2) is 0 Å². The maximum atomic E-state index is 9.38. The fourth-order valence-electron chi connectivity index (χ4n) is 0.123. The summed E-state index contributed by atoms with van der Waals surface area (Å²) in [6, 6.07) is 0. The summed E-state index contributed by atoms with van der Waals surface area (Å²) in [5, 5.41) is 7.69. The first-order chi connectivity index (χ1) is 4.68. The van der Waals surface area contributed by atoms with E-state index in [1.807, 2.05) is 0 Å². The van der Waals surface area contributed by atoms with Crippen molar-refractivity contribution in [2.24, 2.45) is 0 Å². The second kappa shape index (κ2) is 10.7. The Morgan fingerprint density at radius 1 is 1.60 bits per heavy atom. The van der Waals surface area contributed by atoms with E-state index in [4.69, 9.17) is 5.11 Å². The summed E-state index contributed by atoms with van der Waals surface area (Å²) in [6.07, 6.45) is 2.07. The first-order valence-corrected chi connectivity index (χ1v) is 2.78. The van der Waals surface area contributed by atoms with Gasteiger partial charge in [0.25, 0.3) is 0 Å². The number of allylic oxidation sites excluding steroid dienone is 2. The first-order valence-electron chi connectivity index (χ1n) is 2.78. The van der Waals surface area contributed by atoms with Gasteiger partial charge in [-0.15, -0.1) is 0 Å². The maximum Gasteiger partial charge on any atom is 0.505 e. The molecule has 0 unspecified atom stereocenters. The van der Waals surface area contributed by atoms with Crippen molar-refractivity contribution in [1.82, 2.24) is 0 Å². The molecule has 0 bridgehead atoms. The van der Waals surface area contributed by atoms with Gasteiger partial charge < -0.3 is 9.84 Å². The Morgan fingerprint density at radius 3 is 2.00 bits per heavy atom. The van der Waals surface area contributed by atoms with Crippen LogP contribution in [-0.2, 0) is 4.74 Å². The van der Waals surface area contributed by atoms with E-state index in [2.05, 4.69) is 17.9 Å². The van der Waals surface area contributed by atoms with Crippen molar-refractivity contribution in [3.63, 3.8) is 0 Å². The van der Waals surface area contributed by atoms with Crippen LogP contribution in [0.25, 0.3) is 0 Å². The van der Waals surface area contributed by atoms with Crippen molar-refractivity contribution >= 4 is 6.16 Å². The van der Waals surface area contributed by atoms with Crippen LogP contribution in [0.1, 0.15) is 6.92 Å². The van der Waals surface area contributed by atoms with Crippen LogP contribution in [0.15, 0.2) is 25.3 Å². The van der Waals surface area contributed by atoms with Crippen LogP contribution in [0.3, 0.4) is 0 Å². The fraction of sp³-hybridized carbons (Fsp3) is 0.286. The smallest absolute Gasteiger partial charge is 0.450 e. The lowest BCUT2D eigenvalue weighted by molar-refractivity contribution is 0.0966. The zero-order valence-corrected chi connectivity index (χ0v) is 6.04. The van der Waals surface area contributed by atoms with Gasteiger partial charge in [-0.25, -0.2) is 4.79 Å². The van der Waals surface area contributed by atoms with Gasteiger partial charge in [-0.1, -0.05) is 25.3 Å². The number of carbonyl (C=O) groups is 1. The molecule has 0 aliphatic carbocycles. The van der Waals surface area contributed by atoms with E-state index >= 15 is 0 Å². The van der Waals surface area contributed by atoms with E-state index in [-0.39, 0.29) is 6.61 Å². The average Bonchev–Trinajstić information content (AvgIpc) is 1.89. The minimum atomic E-state index is -1.21. The van der Waals surface area contributed by atoms with Crippen LogP contribution in [-0.4, -0.2) is 17.9 Å². The summed E-state index contributed by atoms with van der Waals surface area (Å²) in [6.45, 7) is 8.57. The molecular formula is C7H12O3. The van der Waals surface area contributed by atoms with E-state index in [9.17, 15) is 4.79 Å². The summed E-state index contributed by atoms with van der Waals surface area (Å²) < 4.78 is 3.96. The summed E-state index contributed by atoms with van der Waals surface area (Å²) in [5.74, 6) is 0. The Morgan fingerprint density at radius 2 is 2.00 bits per heavy atom. The van der Waals surface area contributed by atoms with Gasteiger partial charge in [-0.05, 0) is 6.92 Å². The van der Waals surface area contributed by atoms with Gasteiger partial charge in [-0.2, -0.15) is 0 Å². The minimum Gasteiger partial charge on any atom is -0.450 e. The molecule has 0 saturated heterocycles. The Kier molecular flexibility index (Phi) is 12.3. The molecule has 0 aliphatic rings. The SMILES string of the molecule is C=CC=C.CCOC(=O)O. The highest BCUT2D eigenvalue weighted by atomic mass is 16.7. The molecule has 58 valence electrons. The summed E-state index contributed by atoms with van der Waals surface area (Å²) >= 11 is 0. The third-order valence-corrected chi connectivity index (χ3v) is 0.434. The van der Waals surface area contributed by atoms with E-state index < -0.39 is 6.16 Å². The number of ether oxygens (including phenoxy) is 1. The molecule has 0 spiro atoms. The molecule has 0 aromatic heterocycles. The van der Waals surface area contributed by atoms with Crippen molar-refractivity contribution in [3.8, 4) is 0 Å². The molecule has 3 heteroatoms. The molecule has 0 aromatic carbocycles. The molecule has 0 fully saturated rings. The van der Waals surface area contributed by atoms with Crippen molar-refractivity contribution < 1.29 is 14.6 Å². The Hall–Kier alpha value is -1.25. The molecule has 0 heterocycles. The van der Waals surface area contributed by atoms with Gasteiger partial charge in [0.1, 0.15) is 0 Å². The molecule has 0 saturated carbocycles. The predicted octanol–water partition coefficient (Wildman–Crippen LogP) is 2.06. The van der Waals surface area contributed by atoms with E-state index in [0.29, 0.717) is 0 Å². The highest BCUT2D eigenvalue weighted by Crippen LogP contribution is 1.69. The van der Waals surface area contributed by atoms with E-state index in [1.54, 1.807) is 19.1 Å². The molecule has 0 aliphatic heterocycles. The topological polar surface area (TPSA) is 46.5 Å². The molecule has 0 rings (SSSR count). The molecule has 3 nitrogen and oxygen atoms in total. The zero-order chi connectivity index (χ0) is 8.41. The Bertz CT molecular complexity index is 101. The molecule has 0 aromatic rings. The Labute approximate surface area is 60.6 Å². The number of rotatable bonds is 2. The average molecular weight is 144 g/mol. The lowest BCUT2D eigenvalue weighted by atomic mass is 10.6. The largest absolute Gasteiger partial charge is 0.505 e. The van der Waals surface area contributed by atoms with Gasteiger partial charge in [0.2, 0.25) is 0 Å². The van der Waals surface area contributed by atoms with E-state index in [1.165, 1.54) is 0 Å². The highest BCUT2D eigenvalue weighted by Gasteiger charge is 1.86. The van der Waals surface area contributed by atoms with Crippen LogP contribution < -0.4 is 0 Å². The summed E-state index contributed by atoms with van der Waals surface area (Å²) in [7, 11) is 0. The standard InChI is InChI=1S/C4H6.C3H6O3/c1-3-4-2;1-2-6-3(4)5/h3-4H,1-2H2;2H2,1H3,(H,4,5). The molecule has 10 heavy (non-hydrogen) atoms. The second-order valence-electron chi connectivity index (χ2n) is 1.17. The van der Waals surface area contributed by atoms with Gasteiger partial charge in [0, 0.05) is 0 Å². The summed E-state index contributed by atoms with van der Waals surface area (Å²) in [4.78, 5) is 9.38. The third-order valence-electron chi connectivity index (χ3n) is 0.434. The number of hydrogen-bond acceptors (Lipinski definition) is 2. The first kappa shape index (κ1) is 11.5. The Balaban J connectivity index is 0. The normalized spacial score (nSPS) is 6.50. The highest BCUT2D eigenvalue weighted by molar-refractivity contribution is 5.56. The van der Waals surface area contributed by atoms with E-state index in [0.717, 1.165) is 0 Å². The molecular weight excluding hydrogens is 132 g/mol. The molecule has 0 radical (unpaired) electrons. The van der Waals surface area contributed by atoms with Crippen LogP contribution in [0, 0.1) is 0 Å². The molecule has 1 N–H and O–H groups in total. The lowest BCUT2D eigenvalue weighted by Gasteiger charge is -1.87. The molecule has 0 amide bonds. The zero-order valence-electron chi connectivity index (χ0n) is 6.04. The third kappa shape index (κ3) is 29.5. The van der Waals surface area contributed by atoms with Crippen molar-refractivity contribution in [3.05, 3.63) is 25.3 Å². The maximum absolute atomic E-state index is 9.38. The van der Waals surface area contributed by atoms with Gasteiger partial charge in [0.05, 0.1) is 6.61 Å². The van der Waals surface area contributed by atoms with Gasteiger partial charge in [-0.3, -0.25) is 0 Å². The predicted molar refractivity (Wildman–Crippen MR) is 40.0 cm³/mol. The van der Waals surface area contributed by atoms with Crippen molar-refractivity contribution in [2.45, 2.75) is 6.92 Å². The minimum absolute atomic E-state index is 0.231. The lowest BCUT2D eigenvalue weighted by Crippen LogP contribution is -1.97. The monoisotopic (exact) mass is 144 g/mol. The molecule has 0 atom stereocenters. The quantitative estimate of drug-likeness (QED) is 0.476. The van der Waals surface area contributed by atoms with Crippen molar-refractivity contribution in [2.75, 3.05) is 6.61 Å². The van der Waals surface area contributed by atoms with Crippen molar-refractivity contribution in [1.29, 1.82) is 0 Å². The fourth-order valence-corrected chi connectivity index (χ4v) is 0.123. The van der Waals surface area contributed by atoms with Crippen LogP contribution in [0.2, 0.25) is 0 Å². The van der Waals surface area contributed by atoms with Gasteiger partial charge >= 0.3 is 6.16 Å². The summed E-state index contributed by atoms with van der Waals surface area (Å²) in [5.41, 5.74) is 0. The second-order valence-corrected chi connectivity index (χ2v) is 1.17. The van der Waals surface area contributed by atoms with Crippen LogP contribution in [0.5, 0.6) is 0 Å². The van der Waals surface area contributed by atoms with Crippen LogP contribution >= 0.6 is 0 Å². The number of hydrogen-bond donors (Lipinski definition) is 1. The number of carboxylic acid groups (broad SMARTS) is 1. The van der Waals surface area contributed by atoms with Crippen LogP contribution in [0.4, 0.5) is 4.79 Å².